The Morgan fingerprint density at radius 2 is 2.07 bits per heavy atom. The van der Waals surface area contributed by atoms with Gasteiger partial charge in [-0.15, -0.1) is 0 Å². The summed E-state index contributed by atoms with van der Waals surface area (Å²) in [6, 6.07) is 4.85. The van der Waals surface area contributed by atoms with Crippen LogP contribution in [-0.2, 0) is 17.6 Å². The van der Waals surface area contributed by atoms with Gasteiger partial charge in [-0.05, 0) is 58.1 Å². The van der Waals surface area contributed by atoms with Crippen LogP contribution in [0.4, 0.5) is 4.39 Å². The molecular weight excluding hydrogens is 349 g/mol. The molecule has 144 valence electrons. The fourth-order valence-electron chi connectivity index (χ4n) is 3.38. The van der Waals surface area contributed by atoms with Crippen LogP contribution in [-0.4, -0.2) is 33.3 Å². The third-order valence-electron chi connectivity index (χ3n) is 5.16. The zero-order valence-corrected chi connectivity index (χ0v) is 15.8. The molecule has 1 aromatic carbocycles. The summed E-state index contributed by atoms with van der Waals surface area (Å²) in [5.74, 6) is -1.62. The maximum absolute atomic E-state index is 14.4. The molecule has 2 N–H and O–H groups in total. The van der Waals surface area contributed by atoms with E-state index in [9.17, 15) is 14.0 Å². The number of aliphatic carboxylic acids is 1. The van der Waals surface area contributed by atoms with Crippen molar-refractivity contribution in [2.45, 2.75) is 46.5 Å². The van der Waals surface area contributed by atoms with Crippen molar-refractivity contribution in [2.24, 2.45) is 5.41 Å². The number of para-hydroxylation sites is 1. The molecule has 1 aliphatic carbocycles. The number of carbonyl (C=O) groups excluding carboxylic acids is 1. The molecule has 0 bridgehead atoms. The SMILES string of the molecule is Cc1cccc(F)c1-n1nc(C(=O)NCCC(C)(C)C(=O)O)c2c1CCC2. The van der Waals surface area contributed by atoms with Crippen molar-refractivity contribution in [1.29, 1.82) is 0 Å². The Balaban J connectivity index is 1.86. The second kappa shape index (κ2) is 7.13. The summed E-state index contributed by atoms with van der Waals surface area (Å²) in [5, 5.41) is 16.4. The first kappa shape index (κ1) is 19.1. The number of hydrogen-bond acceptors (Lipinski definition) is 3. The van der Waals surface area contributed by atoms with Gasteiger partial charge in [0.1, 0.15) is 11.5 Å². The maximum atomic E-state index is 14.4. The van der Waals surface area contributed by atoms with E-state index in [2.05, 4.69) is 10.4 Å². The molecule has 6 nitrogen and oxygen atoms in total. The molecule has 0 saturated carbocycles. The summed E-state index contributed by atoms with van der Waals surface area (Å²) in [4.78, 5) is 23.8. The lowest BCUT2D eigenvalue weighted by molar-refractivity contribution is -0.147. The predicted octanol–water partition coefficient (Wildman–Crippen LogP) is 3.04. The van der Waals surface area contributed by atoms with Crippen LogP contribution < -0.4 is 5.32 Å². The van der Waals surface area contributed by atoms with Gasteiger partial charge < -0.3 is 10.4 Å². The Labute approximate surface area is 157 Å². The summed E-state index contributed by atoms with van der Waals surface area (Å²) in [6.07, 6.45) is 2.68. The molecule has 0 radical (unpaired) electrons. The van der Waals surface area contributed by atoms with Crippen LogP contribution in [0.3, 0.4) is 0 Å². The number of hydrogen-bond donors (Lipinski definition) is 2. The van der Waals surface area contributed by atoms with Crippen LogP contribution in [0.25, 0.3) is 5.69 Å². The number of fused-ring (bicyclic) bond motifs is 1. The number of carboxylic acid groups (broad SMARTS) is 1. The highest BCUT2D eigenvalue weighted by atomic mass is 19.1. The van der Waals surface area contributed by atoms with E-state index in [-0.39, 0.29) is 18.3 Å². The van der Waals surface area contributed by atoms with Crippen molar-refractivity contribution in [2.75, 3.05) is 6.54 Å². The molecule has 7 heteroatoms. The zero-order valence-electron chi connectivity index (χ0n) is 15.8. The van der Waals surface area contributed by atoms with Crippen LogP contribution >= 0.6 is 0 Å². The van der Waals surface area contributed by atoms with Crippen molar-refractivity contribution >= 4 is 11.9 Å². The van der Waals surface area contributed by atoms with Crippen molar-refractivity contribution in [3.63, 3.8) is 0 Å². The van der Waals surface area contributed by atoms with Crippen molar-refractivity contribution < 1.29 is 19.1 Å². The number of benzene rings is 1. The summed E-state index contributed by atoms with van der Waals surface area (Å²) >= 11 is 0. The largest absolute Gasteiger partial charge is 0.481 e. The van der Waals surface area contributed by atoms with Gasteiger partial charge in [0.25, 0.3) is 5.91 Å². The molecule has 27 heavy (non-hydrogen) atoms. The van der Waals surface area contributed by atoms with Crippen molar-refractivity contribution in [3.8, 4) is 5.69 Å². The molecule has 3 rings (SSSR count). The lowest BCUT2D eigenvalue weighted by Crippen LogP contribution is -2.32. The Kier molecular flexibility index (Phi) is 5.04. The first-order valence-electron chi connectivity index (χ1n) is 9.10. The highest BCUT2D eigenvalue weighted by Crippen LogP contribution is 2.30. The number of aromatic nitrogens is 2. The lowest BCUT2D eigenvalue weighted by Gasteiger charge is -2.18. The average Bonchev–Trinajstić information content (AvgIpc) is 3.17. The molecule has 0 fully saturated rings. The van der Waals surface area contributed by atoms with E-state index >= 15 is 0 Å². The normalized spacial score (nSPS) is 13.5. The first-order valence-corrected chi connectivity index (χ1v) is 9.10. The number of amides is 1. The lowest BCUT2D eigenvalue weighted by atomic mass is 9.90. The van der Waals surface area contributed by atoms with Gasteiger partial charge in [0.2, 0.25) is 0 Å². The summed E-state index contributed by atoms with van der Waals surface area (Å²) in [7, 11) is 0. The van der Waals surface area contributed by atoms with Crippen LogP contribution in [0.2, 0.25) is 0 Å². The Morgan fingerprint density at radius 1 is 1.33 bits per heavy atom. The topological polar surface area (TPSA) is 84.2 Å². The number of halogens is 1. The highest BCUT2D eigenvalue weighted by molar-refractivity contribution is 5.94. The van der Waals surface area contributed by atoms with Gasteiger partial charge >= 0.3 is 5.97 Å². The highest BCUT2D eigenvalue weighted by Gasteiger charge is 2.30. The molecule has 0 saturated heterocycles. The van der Waals surface area contributed by atoms with Crippen molar-refractivity contribution in [3.05, 3.63) is 46.5 Å². The average molecular weight is 373 g/mol. The second-order valence-electron chi connectivity index (χ2n) is 7.64. The number of nitrogens with zero attached hydrogens (tertiary/aromatic N) is 2. The maximum Gasteiger partial charge on any atom is 0.309 e. The first-order chi connectivity index (χ1) is 12.7. The number of rotatable bonds is 6. The molecule has 1 amide bonds. The molecule has 0 atom stereocenters. The molecule has 2 aromatic rings. The number of carbonyl (C=O) groups is 2. The molecule has 0 unspecified atom stereocenters. The van der Waals surface area contributed by atoms with Crippen molar-refractivity contribution in [1.82, 2.24) is 15.1 Å². The molecule has 0 aliphatic heterocycles. The van der Waals surface area contributed by atoms with Gasteiger partial charge in [0.05, 0.1) is 5.41 Å². The van der Waals surface area contributed by atoms with Crippen LogP contribution in [0.1, 0.15) is 54.0 Å². The van der Waals surface area contributed by atoms with E-state index < -0.39 is 11.4 Å². The van der Waals surface area contributed by atoms with E-state index in [0.29, 0.717) is 17.8 Å². The van der Waals surface area contributed by atoms with E-state index in [0.717, 1.165) is 36.1 Å². The third-order valence-corrected chi connectivity index (χ3v) is 5.16. The minimum absolute atomic E-state index is 0.235. The predicted molar refractivity (Wildman–Crippen MR) is 98.7 cm³/mol. The van der Waals surface area contributed by atoms with Gasteiger partial charge in [0, 0.05) is 17.8 Å². The Hall–Kier alpha value is -2.70. The van der Waals surface area contributed by atoms with Gasteiger partial charge in [0.15, 0.2) is 5.69 Å². The zero-order chi connectivity index (χ0) is 19.8. The quantitative estimate of drug-likeness (QED) is 0.815. The molecule has 1 aliphatic rings. The van der Waals surface area contributed by atoms with Gasteiger partial charge in [-0.1, -0.05) is 12.1 Å². The molecular formula is C20H24FN3O3. The minimum atomic E-state index is -0.918. The summed E-state index contributed by atoms with van der Waals surface area (Å²) in [6.45, 7) is 5.29. The Bertz CT molecular complexity index is 882. The van der Waals surface area contributed by atoms with E-state index in [4.69, 9.17) is 5.11 Å². The van der Waals surface area contributed by atoms with Crippen LogP contribution in [0.5, 0.6) is 0 Å². The fraction of sp³-hybridized carbons (Fsp3) is 0.450. The standard InChI is InChI=1S/C20H24FN3O3/c1-12-6-4-8-14(21)17(12)24-15-9-5-7-13(15)16(23-24)18(25)22-11-10-20(2,3)19(26)27/h4,6,8H,5,7,9-11H2,1-3H3,(H,22,25)(H,26,27). The Morgan fingerprint density at radius 3 is 2.74 bits per heavy atom. The van der Waals surface area contributed by atoms with Gasteiger partial charge in [-0.2, -0.15) is 5.10 Å². The smallest absolute Gasteiger partial charge is 0.309 e. The van der Waals surface area contributed by atoms with E-state index in [1.165, 1.54) is 6.07 Å². The summed E-state index contributed by atoms with van der Waals surface area (Å²) in [5.41, 5.74) is 2.24. The number of carboxylic acids is 1. The van der Waals surface area contributed by atoms with E-state index in [1.54, 1.807) is 24.6 Å². The third kappa shape index (κ3) is 3.59. The van der Waals surface area contributed by atoms with Crippen LogP contribution in [0.15, 0.2) is 18.2 Å². The second-order valence-corrected chi connectivity index (χ2v) is 7.64. The minimum Gasteiger partial charge on any atom is -0.481 e. The van der Waals surface area contributed by atoms with E-state index in [1.807, 2.05) is 13.0 Å². The monoisotopic (exact) mass is 373 g/mol. The van der Waals surface area contributed by atoms with Gasteiger partial charge in [-0.3, -0.25) is 9.59 Å². The summed E-state index contributed by atoms with van der Waals surface area (Å²) < 4.78 is 16.0. The fourth-order valence-corrected chi connectivity index (χ4v) is 3.38. The van der Waals surface area contributed by atoms with Crippen LogP contribution in [0, 0.1) is 18.2 Å². The number of aryl methyl sites for hydroxylation is 1. The molecule has 0 spiro atoms. The number of nitrogens with one attached hydrogen (secondary N) is 1. The van der Waals surface area contributed by atoms with Gasteiger partial charge in [-0.25, -0.2) is 9.07 Å². The molecule has 1 heterocycles. The molecule has 1 aromatic heterocycles.